The van der Waals surface area contributed by atoms with Crippen molar-refractivity contribution in [1.82, 2.24) is 0 Å². The van der Waals surface area contributed by atoms with E-state index in [9.17, 15) is 8.78 Å². The van der Waals surface area contributed by atoms with E-state index in [0.717, 1.165) is 12.5 Å². The molecule has 0 radical (unpaired) electrons. The highest BCUT2D eigenvalue weighted by Crippen LogP contribution is 2.37. The molecule has 1 saturated carbocycles. The Bertz CT molecular complexity index is 389. The topological polar surface area (TPSA) is 38.0 Å². The number of halogens is 2. The van der Waals surface area contributed by atoms with E-state index < -0.39 is 6.43 Å². The number of hydrogen-bond donors (Lipinski definition) is 2. The molecule has 1 aliphatic rings. The molecule has 3 N–H and O–H groups in total. The molecular weight excluding hydrogens is 222 g/mol. The highest BCUT2D eigenvalue weighted by atomic mass is 19.3. The standard InChI is InChI=1S/C13H18F2N2/c1-8(9-2-3-9)7-17-12-5-4-10(16)6-11(12)13(14)15/h4-6,8-9,13,17H,2-3,7,16H2,1H3. The summed E-state index contributed by atoms with van der Waals surface area (Å²) in [5.74, 6) is 1.31. The third kappa shape index (κ3) is 3.08. The van der Waals surface area contributed by atoms with Crippen molar-refractivity contribution >= 4 is 11.4 Å². The highest BCUT2D eigenvalue weighted by molar-refractivity contribution is 5.58. The fourth-order valence-corrected chi connectivity index (χ4v) is 2.03. The van der Waals surface area contributed by atoms with Gasteiger partial charge in [0, 0.05) is 23.5 Å². The van der Waals surface area contributed by atoms with Crippen LogP contribution >= 0.6 is 0 Å². The lowest BCUT2D eigenvalue weighted by atomic mass is 10.1. The second-order valence-corrected chi connectivity index (χ2v) is 4.84. The Morgan fingerprint density at radius 3 is 2.71 bits per heavy atom. The van der Waals surface area contributed by atoms with Crippen LogP contribution in [0.15, 0.2) is 18.2 Å². The number of nitrogens with one attached hydrogen (secondary N) is 1. The van der Waals surface area contributed by atoms with E-state index in [0.29, 0.717) is 17.3 Å². The zero-order valence-electron chi connectivity index (χ0n) is 9.92. The van der Waals surface area contributed by atoms with E-state index in [4.69, 9.17) is 5.73 Å². The van der Waals surface area contributed by atoms with Gasteiger partial charge < -0.3 is 11.1 Å². The molecule has 17 heavy (non-hydrogen) atoms. The van der Waals surface area contributed by atoms with E-state index in [1.807, 2.05) is 0 Å². The summed E-state index contributed by atoms with van der Waals surface area (Å²) in [5, 5.41) is 3.11. The van der Waals surface area contributed by atoms with E-state index in [-0.39, 0.29) is 5.56 Å². The van der Waals surface area contributed by atoms with Crippen molar-refractivity contribution in [1.29, 1.82) is 0 Å². The van der Waals surface area contributed by atoms with Gasteiger partial charge in [-0.3, -0.25) is 0 Å². The molecule has 2 nitrogen and oxygen atoms in total. The van der Waals surface area contributed by atoms with Gasteiger partial charge in [-0.15, -0.1) is 0 Å². The lowest BCUT2D eigenvalue weighted by Crippen LogP contribution is -2.14. The number of nitrogen functional groups attached to an aromatic ring is 1. The van der Waals surface area contributed by atoms with Gasteiger partial charge in [0.25, 0.3) is 6.43 Å². The molecule has 94 valence electrons. The summed E-state index contributed by atoms with van der Waals surface area (Å²) < 4.78 is 25.6. The smallest absolute Gasteiger partial charge is 0.265 e. The third-order valence-electron chi connectivity index (χ3n) is 3.35. The van der Waals surface area contributed by atoms with Crippen LogP contribution in [-0.2, 0) is 0 Å². The maximum absolute atomic E-state index is 12.8. The van der Waals surface area contributed by atoms with Crippen LogP contribution < -0.4 is 11.1 Å². The fourth-order valence-electron chi connectivity index (χ4n) is 2.03. The van der Waals surface area contributed by atoms with E-state index in [2.05, 4.69) is 12.2 Å². The highest BCUT2D eigenvalue weighted by Gasteiger charge is 2.27. The molecule has 0 aliphatic heterocycles. The zero-order chi connectivity index (χ0) is 12.4. The molecule has 1 aromatic rings. The van der Waals surface area contributed by atoms with E-state index >= 15 is 0 Å². The van der Waals surface area contributed by atoms with Gasteiger partial charge in [-0.05, 0) is 42.9 Å². The zero-order valence-corrected chi connectivity index (χ0v) is 9.92. The Morgan fingerprint density at radius 1 is 1.41 bits per heavy atom. The molecule has 0 heterocycles. The van der Waals surface area contributed by atoms with Gasteiger partial charge in [-0.25, -0.2) is 8.78 Å². The fraction of sp³-hybridized carbons (Fsp3) is 0.538. The molecule has 1 unspecified atom stereocenters. The van der Waals surface area contributed by atoms with Gasteiger partial charge in [-0.1, -0.05) is 6.92 Å². The summed E-state index contributed by atoms with van der Waals surface area (Å²) in [6.45, 7) is 2.90. The summed E-state index contributed by atoms with van der Waals surface area (Å²) in [6, 6.07) is 4.63. The molecule has 0 aromatic heterocycles. The predicted molar refractivity (Wildman–Crippen MR) is 66.2 cm³/mol. The molecule has 0 spiro atoms. The van der Waals surface area contributed by atoms with Crippen molar-refractivity contribution in [3.05, 3.63) is 23.8 Å². The number of anilines is 2. The molecular formula is C13H18F2N2. The quantitative estimate of drug-likeness (QED) is 0.771. The van der Waals surface area contributed by atoms with Crippen molar-refractivity contribution in [3.63, 3.8) is 0 Å². The number of benzene rings is 1. The number of rotatable bonds is 5. The number of alkyl halides is 2. The molecule has 0 amide bonds. The Hall–Kier alpha value is -1.32. The number of nitrogens with two attached hydrogens (primary N) is 1. The second-order valence-electron chi connectivity index (χ2n) is 4.84. The van der Waals surface area contributed by atoms with Crippen LogP contribution in [0.1, 0.15) is 31.8 Å². The van der Waals surface area contributed by atoms with Crippen LogP contribution in [0.5, 0.6) is 0 Å². The molecule has 1 aliphatic carbocycles. The minimum absolute atomic E-state index is 0.00648. The van der Waals surface area contributed by atoms with Crippen LogP contribution in [0.4, 0.5) is 20.2 Å². The largest absolute Gasteiger partial charge is 0.399 e. The summed E-state index contributed by atoms with van der Waals surface area (Å²) in [7, 11) is 0. The first-order valence-corrected chi connectivity index (χ1v) is 5.99. The molecule has 1 fully saturated rings. The molecule has 0 bridgehead atoms. The third-order valence-corrected chi connectivity index (χ3v) is 3.35. The lowest BCUT2D eigenvalue weighted by molar-refractivity contribution is 0.152. The summed E-state index contributed by atoms with van der Waals surface area (Å²) >= 11 is 0. The monoisotopic (exact) mass is 240 g/mol. The van der Waals surface area contributed by atoms with Crippen molar-refractivity contribution in [2.24, 2.45) is 11.8 Å². The van der Waals surface area contributed by atoms with Crippen LogP contribution in [0.2, 0.25) is 0 Å². The summed E-state index contributed by atoms with van der Waals surface area (Å²) in [5.41, 5.74) is 6.39. The minimum atomic E-state index is -2.49. The van der Waals surface area contributed by atoms with Gasteiger partial charge in [0.2, 0.25) is 0 Å². The SMILES string of the molecule is CC(CNc1ccc(N)cc1C(F)F)C1CC1. The Morgan fingerprint density at radius 2 is 2.12 bits per heavy atom. The maximum atomic E-state index is 12.8. The maximum Gasteiger partial charge on any atom is 0.265 e. The summed E-state index contributed by atoms with van der Waals surface area (Å²) in [4.78, 5) is 0. The minimum Gasteiger partial charge on any atom is -0.399 e. The van der Waals surface area contributed by atoms with Gasteiger partial charge in [0.15, 0.2) is 0 Å². The molecule has 0 saturated heterocycles. The Kier molecular flexibility index (Phi) is 3.50. The molecule has 2 rings (SSSR count). The lowest BCUT2D eigenvalue weighted by Gasteiger charge is -2.16. The van der Waals surface area contributed by atoms with Crippen molar-refractivity contribution < 1.29 is 8.78 Å². The van der Waals surface area contributed by atoms with Crippen molar-refractivity contribution in [2.45, 2.75) is 26.2 Å². The first kappa shape index (κ1) is 12.1. The molecule has 1 atom stereocenters. The summed E-state index contributed by atoms with van der Waals surface area (Å²) in [6.07, 6.45) is 0.0516. The van der Waals surface area contributed by atoms with Crippen LogP contribution in [0.3, 0.4) is 0 Å². The number of hydrogen-bond acceptors (Lipinski definition) is 2. The van der Waals surface area contributed by atoms with E-state index in [1.165, 1.54) is 18.9 Å². The van der Waals surface area contributed by atoms with Crippen LogP contribution in [0.25, 0.3) is 0 Å². The van der Waals surface area contributed by atoms with Gasteiger partial charge in [0.05, 0.1) is 0 Å². The molecule has 4 heteroatoms. The Balaban J connectivity index is 2.03. The predicted octanol–water partition coefficient (Wildman–Crippen LogP) is 3.66. The van der Waals surface area contributed by atoms with Gasteiger partial charge in [0.1, 0.15) is 0 Å². The average molecular weight is 240 g/mol. The molecule has 1 aromatic carbocycles. The van der Waals surface area contributed by atoms with Crippen molar-refractivity contribution in [2.75, 3.05) is 17.6 Å². The average Bonchev–Trinajstić information content (AvgIpc) is 3.10. The van der Waals surface area contributed by atoms with Crippen LogP contribution in [-0.4, -0.2) is 6.54 Å². The first-order chi connectivity index (χ1) is 8.08. The Labute approximate surface area is 100 Å². The van der Waals surface area contributed by atoms with Crippen molar-refractivity contribution in [3.8, 4) is 0 Å². The van der Waals surface area contributed by atoms with Gasteiger partial charge in [-0.2, -0.15) is 0 Å². The van der Waals surface area contributed by atoms with Gasteiger partial charge >= 0.3 is 0 Å². The second kappa shape index (κ2) is 4.90. The van der Waals surface area contributed by atoms with E-state index in [1.54, 1.807) is 12.1 Å². The van der Waals surface area contributed by atoms with Crippen LogP contribution in [0, 0.1) is 11.8 Å². The first-order valence-electron chi connectivity index (χ1n) is 5.99. The normalized spacial score (nSPS) is 17.2.